The van der Waals surface area contributed by atoms with Gasteiger partial charge in [0.25, 0.3) is 0 Å². The first-order valence-corrected chi connectivity index (χ1v) is 9.88. The van der Waals surface area contributed by atoms with Crippen LogP contribution in [0.2, 0.25) is 0 Å². The second-order valence-electron chi connectivity index (χ2n) is 7.30. The molecule has 7 heteroatoms. The number of aliphatic carboxylic acids is 1. The van der Waals surface area contributed by atoms with E-state index in [-0.39, 0.29) is 18.9 Å². The van der Waals surface area contributed by atoms with E-state index in [0.717, 1.165) is 10.8 Å². The smallest absolute Gasteiger partial charge is 0.311 e. The second kappa shape index (κ2) is 8.08. The number of thiazole rings is 1. The summed E-state index contributed by atoms with van der Waals surface area (Å²) in [5, 5.41) is 12.1. The van der Waals surface area contributed by atoms with Gasteiger partial charge in [-0.3, -0.25) is 9.59 Å². The monoisotopic (exact) mass is 388 g/mol. The molecule has 0 saturated carbocycles. The minimum Gasteiger partial charge on any atom is -0.486 e. The number of carboxylic acid groups (broad SMARTS) is 1. The van der Waals surface area contributed by atoms with Gasteiger partial charge in [-0.25, -0.2) is 4.98 Å². The number of likely N-dealkylation sites (tertiary alicyclic amines) is 1. The highest BCUT2D eigenvalue weighted by atomic mass is 32.1. The molecule has 6 nitrogen and oxygen atoms in total. The average Bonchev–Trinajstić information content (AvgIpc) is 3.08. The molecule has 0 bridgehead atoms. The van der Waals surface area contributed by atoms with Crippen LogP contribution in [0.25, 0.3) is 0 Å². The number of aryl methyl sites for hydroxylation is 1. The van der Waals surface area contributed by atoms with Crippen molar-refractivity contribution in [3.05, 3.63) is 45.9 Å². The van der Waals surface area contributed by atoms with Gasteiger partial charge in [0.2, 0.25) is 5.91 Å². The summed E-state index contributed by atoms with van der Waals surface area (Å²) < 4.78 is 5.72. The summed E-state index contributed by atoms with van der Waals surface area (Å²) in [6, 6.07) is 7.82. The number of ether oxygens (including phenoxy) is 1. The molecule has 0 spiro atoms. The molecular formula is C20H24N2O4S. The van der Waals surface area contributed by atoms with Crippen LogP contribution in [0.1, 0.15) is 36.0 Å². The van der Waals surface area contributed by atoms with Gasteiger partial charge in [-0.1, -0.05) is 17.7 Å². The van der Waals surface area contributed by atoms with Crippen LogP contribution in [0.3, 0.4) is 0 Å². The minimum absolute atomic E-state index is 0.0709. The fraction of sp³-hybridized carbons (Fsp3) is 0.450. The van der Waals surface area contributed by atoms with Gasteiger partial charge in [0.15, 0.2) is 0 Å². The lowest BCUT2D eigenvalue weighted by atomic mass is 9.82. The zero-order valence-electron chi connectivity index (χ0n) is 15.6. The van der Waals surface area contributed by atoms with Gasteiger partial charge >= 0.3 is 5.97 Å². The van der Waals surface area contributed by atoms with Crippen LogP contribution in [0, 0.1) is 12.3 Å². The van der Waals surface area contributed by atoms with E-state index in [1.54, 1.807) is 11.8 Å². The van der Waals surface area contributed by atoms with Crippen LogP contribution < -0.4 is 4.74 Å². The third-order valence-corrected chi connectivity index (χ3v) is 5.75. The molecule has 27 heavy (non-hydrogen) atoms. The summed E-state index contributed by atoms with van der Waals surface area (Å²) in [6.45, 7) is 4.96. The number of hydrogen-bond acceptors (Lipinski definition) is 5. The van der Waals surface area contributed by atoms with Gasteiger partial charge in [-0.05, 0) is 38.8 Å². The summed E-state index contributed by atoms with van der Waals surface area (Å²) in [7, 11) is 0. The number of rotatable bonds is 6. The number of hydrogen-bond donors (Lipinski definition) is 1. The fourth-order valence-corrected chi connectivity index (χ4v) is 3.87. The van der Waals surface area contributed by atoms with Crippen molar-refractivity contribution in [1.29, 1.82) is 0 Å². The first-order chi connectivity index (χ1) is 12.9. The van der Waals surface area contributed by atoms with Gasteiger partial charge in [0, 0.05) is 18.5 Å². The van der Waals surface area contributed by atoms with Crippen molar-refractivity contribution in [3.8, 4) is 5.75 Å². The van der Waals surface area contributed by atoms with Crippen LogP contribution >= 0.6 is 11.3 Å². The highest BCUT2D eigenvalue weighted by Crippen LogP contribution is 2.30. The van der Waals surface area contributed by atoms with Crippen molar-refractivity contribution in [2.75, 3.05) is 13.1 Å². The Hall–Kier alpha value is -2.41. The molecule has 1 unspecified atom stereocenters. The van der Waals surface area contributed by atoms with Crippen molar-refractivity contribution in [1.82, 2.24) is 9.88 Å². The van der Waals surface area contributed by atoms with E-state index in [0.29, 0.717) is 31.7 Å². The lowest BCUT2D eigenvalue weighted by Gasteiger charge is -2.37. The Morgan fingerprint density at radius 2 is 2.07 bits per heavy atom. The summed E-state index contributed by atoms with van der Waals surface area (Å²) >= 11 is 1.46. The highest BCUT2D eigenvalue weighted by Gasteiger charge is 2.39. The van der Waals surface area contributed by atoms with E-state index < -0.39 is 11.4 Å². The van der Waals surface area contributed by atoms with Crippen molar-refractivity contribution in [2.45, 2.75) is 39.7 Å². The fourth-order valence-electron chi connectivity index (χ4n) is 3.17. The quantitative estimate of drug-likeness (QED) is 0.821. The van der Waals surface area contributed by atoms with Crippen LogP contribution in [0.5, 0.6) is 5.75 Å². The lowest BCUT2D eigenvalue weighted by molar-refractivity contribution is -0.153. The Balaban J connectivity index is 1.54. The van der Waals surface area contributed by atoms with Crippen LogP contribution in [-0.4, -0.2) is 40.0 Å². The average molecular weight is 388 g/mol. The summed E-state index contributed by atoms with van der Waals surface area (Å²) in [4.78, 5) is 30.1. The molecule has 2 aromatic rings. The number of aromatic nitrogens is 1. The van der Waals surface area contributed by atoms with E-state index in [4.69, 9.17) is 4.74 Å². The number of carbonyl (C=O) groups is 2. The first-order valence-electron chi connectivity index (χ1n) is 9.00. The maximum absolute atomic E-state index is 12.6. The third-order valence-electron chi connectivity index (χ3n) is 4.88. The summed E-state index contributed by atoms with van der Waals surface area (Å²) in [5.74, 6) is -0.127. The molecule has 1 aliphatic rings. The van der Waals surface area contributed by atoms with E-state index >= 15 is 0 Å². The molecule has 1 amide bonds. The van der Waals surface area contributed by atoms with Crippen molar-refractivity contribution >= 4 is 23.2 Å². The van der Waals surface area contributed by atoms with Crippen LogP contribution in [0.4, 0.5) is 0 Å². The number of benzene rings is 1. The zero-order valence-corrected chi connectivity index (χ0v) is 16.4. The number of amides is 1. The Labute approximate surface area is 162 Å². The Bertz CT molecular complexity index is 818. The SMILES string of the molecule is Cc1ccc(OCc2nc(CC(=O)N3CCCC(C)(C(=O)O)C3)cs2)cc1. The van der Waals surface area contributed by atoms with E-state index in [1.807, 2.05) is 36.6 Å². The maximum Gasteiger partial charge on any atom is 0.311 e. The largest absolute Gasteiger partial charge is 0.486 e. The topological polar surface area (TPSA) is 79.7 Å². The molecule has 144 valence electrons. The molecule has 1 fully saturated rings. The number of carboxylic acids is 1. The van der Waals surface area contributed by atoms with E-state index in [2.05, 4.69) is 4.98 Å². The molecule has 2 heterocycles. The Morgan fingerprint density at radius 1 is 1.33 bits per heavy atom. The van der Waals surface area contributed by atoms with E-state index in [9.17, 15) is 14.7 Å². The highest BCUT2D eigenvalue weighted by molar-refractivity contribution is 7.09. The maximum atomic E-state index is 12.6. The van der Waals surface area contributed by atoms with Crippen molar-refractivity contribution in [3.63, 3.8) is 0 Å². The van der Waals surface area contributed by atoms with E-state index in [1.165, 1.54) is 16.9 Å². The number of carbonyl (C=O) groups excluding carboxylic acids is 1. The Kier molecular flexibility index (Phi) is 5.79. The molecular weight excluding hydrogens is 364 g/mol. The van der Waals surface area contributed by atoms with Crippen LogP contribution in [0.15, 0.2) is 29.6 Å². The molecule has 1 aromatic carbocycles. The molecule has 1 aromatic heterocycles. The number of piperidine rings is 1. The van der Waals surface area contributed by atoms with Crippen molar-refractivity contribution < 1.29 is 19.4 Å². The standard InChI is InChI=1S/C20H24N2O4S/c1-14-4-6-16(7-5-14)26-11-17-21-15(12-27-17)10-18(23)22-9-3-8-20(2,13-22)19(24)25/h4-7,12H,3,8-11,13H2,1-2H3,(H,24,25). The van der Waals surface area contributed by atoms with Gasteiger partial charge < -0.3 is 14.7 Å². The van der Waals surface area contributed by atoms with Gasteiger partial charge in [-0.15, -0.1) is 11.3 Å². The minimum atomic E-state index is -0.858. The van der Waals surface area contributed by atoms with Gasteiger partial charge in [0.1, 0.15) is 17.4 Å². The Morgan fingerprint density at radius 3 is 2.78 bits per heavy atom. The lowest BCUT2D eigenvalue weighted by Crippen LogP contribution is -2.48. The molecule has 0 radical (unpaired) electrons. The zero-order chi connectivity index (χ0) is 19.4. The normalized spacial score (nSPS) is 19.7. The third kappa shape index (κ3) is 4.86. The number of nitrogens with zero attached hydrogens (tertiary/aromatic N) is 2. The second-order valence-corrected chi connectivity index (χ2v) is 8.24. The molecule has 1 aliphatic heterocycles. The van der Waals surface area contributed by atoms with Gasteiger partial charge in [0.05, 0.1) is 17.5 Å². The van der Waals surface area contributed by atoms with Crippen molar-refractivity contribution in [2.24, 2.45) is 5.41 Å². The van der Waals surface area contributed by atoms with Gasteiger partial charge in [-0.2, -0.15) is 0 Å². The molecule has 1 N–H and O–H groups in total. The summed E-state index contributed by atoms with van der Waals surface area (Å²) in [5.41, 5.74) is 1.02. The molecule has 1 saturated heterocycles. The summed E-state index contributed by atoms with van der Waals surface area (Å²) in [6.07, 6.45) is 1.50. The predicted molar refractivity (Wildman–Crippen MR) is 103 cm³/mol. The molecule has 1 atom stereocenters. The predicted octanol–water partition coefficient (Wildman–Crippen LogP) is 3.29. The van der Waals surface area contributed by atoms with Crippen LogP contribution in [-0.2, 0) is 22.6 Å². The first kappa shape index (κ1) is 19.4. The molecule has 3 rings (SSSR count). The molecule has 0 aliphatic carbocycles.